The normalized spacial score (nSPS) is 11.6. The molecule has 1 N–H and O–H groups in total. The number of hydrogen-bond donors (Lipinski definition) is 1. The molecule has 1 aromatic heterocycles. The lowest BCUT2D eigenvalue weighted by molar-refractivity contribution is 0.300. The van der Waals surface area contributed by atoms with Gasteiger partial charge in [-0.2, -0.15) is 0 Å². The monoisotopic (exact) mass is 255 g/mol. The maximum atomic E-state index is 4.63. The number of aromatic nitrogens is 1. The van der Waals surface area contributed by atoms with E-state index in [1.54, 1.807) is 11.3 Å². The van der Waals surface area contributed by atoms with Crippen LogP contribution in [0.1, 0.15) is 37.9 Å². The van der Waals surface area contributed by atoms with Gasteiger partial charge in [-0.1, -0.05) is 20.8 Å². The second-order valence-corrected chi connectivity index (χ2v) is 5.88. The summed E-state index contributed by atoms with van der Waals surface area (Å²) in [7, 11) is 2.17. The minimum atomic E-state index is 0.775. The van der Waals surface area contributed by atoms with Crippen molar-refractivity contribution in [1.29, 1.82) is 0 Å². The molecular weight excluding hydrogens is 230 g/mol. The number of hydrogen-bond acceptors (Lipinski definition) is 4. The predicted molar refractivity (Wildman–Crippen MR) is 75.3 cm³/mol. The summed E-state index contributed by atoms with van der Waals surface area (Å²) in [5.74, 6) is 0.775. The lowest BCUT2D eigenvalue weighted by atomic mass is 10.1. The zero-order chi connectivity index (χ0) is 12.7. The molecule has 4 heteroatoms. The smallest absolute Gasteiger partial charge is 0.107 e. The van der Waals surface area contributed by atoms with E-state index in [0.29, 0.717) is 0 Å². The molecule has 0 radical (unpaired) electrons. The van der Waals surface area contributed by atoms with Crippen LogP contribution in [0.3, 0.4) is 0 Å². The topological polar surface area (TPSA) is 28.2 Å². The molecule has 0 fully saturated rings. The van der Waals surface area contributed by atoms with Crippen LogP contribution in [0.5, 0.6) is 0 Å². The molecule has 1 aromatic rings. The molecule has 0 aliphatic rings. The van der Waals surface area contributed by atoms with Crippen LogP contribution < -0.4 is 5.32 Å². The molecule has 0 atom stereocenters. The van der Waals surface area contributed by atoms with Gasteiger partial charge < -0.3 is 10.2 Å². The second kappa shape index (κ2) is 7.80. The molecule has 0 aliphatic heterocycles. The summed E-state index contributed by atoms with van der Waals surface area (Å²) in [6.07, 6.45) is 1.25. The van der Waals surface area contributed by atoms with E-state index in [4.69, 9.17) is 0 Å². The summed E-state index contributed by atoms with van der Waals surface area (Å²) >= 11 is 1.76. The lowest BCUT2D eigenvalue weighted by Crippen LogP contribution is -2.20. The minimum Gasteiger partial charge on any atom is -0.311 e. The lowest BCUT2D eigenvalue weighted by Gasteiger charge is -2.16. The summed E-state index contributed by atoms with van der Waals surface area (Å²) in [5.41, 5.74) is 1.20. The summed E-state index contributed by atoms with van der Waals surface area (Å²) in [4.78, 5) is 6.98. The van der Waals surface area contributed by atoms with Gasteiger partial charge in [0.1, 0.15) is 5.01 Å². The minimum absolute atomic E-state index is 0.775. The average molecular weight is 255 g/mol. The van der Waals surface area contributed by atoms with E-state index in [-0.39, 0.29) is 0 Å². The van der Waals surface area contributed by atoms with Gasteiger partial charge >= 0.3 is 0 Å². The predicted octanol–water partition coefficient (Wildman–Crippen LogP) is 2.73. The van der Waals surface area contributed by atoms with Crippen molar-refractivity contribution in [1.82, 2.24) is 15.2 Å². The number of nitrogens with zero attached hydrogens (tertiary/aromatic N) is 2. The first-order valence-electron chi connectivity index (χ1n) is 6.44. The summed E-state index contributed by atoms with van der Waals surface area (Å²) in [6.45, 7) is 10.7. The Morgan fingerprint density at radius 2 is 2.24 bits per heavy atom. The van der Waals surface area contributed by atoms with Crippen molar-refractivity contribution in [3.05, 3.63) is 16.1 Å². The van der Waals surface area contributed by atoms with Crippen molar-refractivity contribution in [3.63, 3.8) is 0 Å². The Bertz CT molecular complexity index is 309. The molecule has 0 spiro atoms. The van der Waals surface area contributed by atoms with Crippen molar-refractivity contribution in [2.45, 2.75) is 40.3 Å². The maximum Gasteiger partial charge on any atom is 0.107 e. The molecule has 0 amide bonds. The van der Waals surface area contributed by atoms with Crippen LogP contribution in [0.4, 0.5) is 0 Å². The van der Waals surface area contributed by atoms with Crippen LogP contribution in [-0.2, 0) is 13.1 Å². The Kier molecular flexibility index (Phi) is 6.70. The quantitative estimate of drug-likeness (QED) is 0.774. The fourth-order valence-corrected chi connectivity index (χ4v) is 2.32. The highest BCUT2D eigenvalue weighted by Crippen LogP contribution is 2.12. The standard InChI is InChI=1S/C13H25N3S/c1-5-14-8-13-15-12(10-17-13)9-16(4)7-6-11(2)3/h10-11,14H,5-9H2,1-4H3. The molecule has 0 saturated heterocycles. The molecule has 17 heavy (non-hydrogen) atoms. The number of nitrogens with one attached hydrogen (secondary N) is 1. The van der Waals surface area contributed by atoms with Gasteiger partial charge in [0, 0.05) is 18.5 Å². The van der Waals surface area contributed by atoms with Gasteiger partial charge in [-0.05, 0) is 32.5 Å². The highest BCUT2D eigenvalue weighted by atomic mass is 32.1. The first-order valence-corrected chi connectivity index (χ1v) is 7.32. The second-order valence-electron chi connectivity index (χ2n) is 4.93. The zero-order valence-electron chi connectivity index (χ0n) is 11.5. The van der Waals surface area contributed by atoms with E-state index in [2.05, 4.69) is 48.4 Å². The van der Waals surface area contributed by atoms with Crippen LogP contribution in [0, 0.1) is 5.92 Å². The third kappa shape index (κ3) is 6.15. The Morgan fingerprint density at radius 3 is 2.88 bits per heavy atom. The molecule has 0 aromatic carbocycles. The first-order chi connectivity index (χ1) is 8.11. The fourth-order valence-electron chi connectivity index (χ4n) is 1.57. The van der Waals surface area contributed by atoms with Gasteiger partial charge in [0.15, 0.2) is 0 Å². The molecule has 98 valence electrons. The van der Waals surface area contributed by atoms with Crippen molar-refractivity contribution in [3.8, 4) is 0 Å². The van der Waals surface area contributed by atoms with Crippen molar-refractivity contribution in [2.75, 3.05) is 20.1 Å². The Balaban J connectivity index is 2.32. The summed E-state index contributed by atoms with van der Waals surface area (Å²) < 4.78 is 0. The summed E-state index contributed by atoms with van der Waals surface area (Å²) in [5, 5.41) is 6.68. The van der Waals surface area contributed by atoms with Crippen molar-refractivity contribution >= 4 is 11.3 Å². The number of thiazole rings is 1. The highest BCUT2D eigenvalue weighted by molar-refractivity contribution is 7.09. The van der Waals surface area contributed by atoms with E-state index in [1.807, 2.05) is 0 Å². The Labute approximate surface area is 109 Å². The molecular formula is C13H25N3S. The van der Waals surface area contributed by atoms with E-state index >= 15 is 0 Å². The zero-order valence-corrected chi connectivity index (χ0v) is 12.3. The molecule has 0 unspecified atom stereocenters. The van der Waals surface area contributed by atoms with Gasteiger partial charge in [-0.3, -0.25) is 0 Å². The Morgan fingerprint density at radius 1 is 1.47 bits per heavy atom. The van der Waals surface area contributed by atoms with Gasteiger partial charge in [0.2, 0.25) is 0 Å². The molecule has 3 nitrogen and oxygen atoms in total. The Hall–Kier alpha value is -0.450. The fraction of sp³-hybridized carbons (Fsp3) is 0.769. The van der Waals surface area contributed by atoms with Gasteiger partial charge in [0.05, 0.1) is 5.69 Å². The first kappa shape index (κ1) is 14.6. The van der Waals surface area contributed by atoms with Crippen molar-refractivity contribution in [2.24, 2.45) is 5.92 Å². The largest absolute Gasteiger partial charge is 0.311 e. The van der Waals surface area contributed by atoms with Crippen LogP contribution in [0.25, 0.3) is 0 Å². The van der Waals surface area contributed by atoms with E-state index in [9.17, 15) is 0 Å². The SMILES string of the molecule is CCNCc1nc(CN(C)CCC(C)C)cs1. The third-order valence-electron chi connectivity index (χ3n) is 2.65. The van der Waals surface area contributed by atoms with E-state index < -0.39 is 0 Å². The van der Waals surface area contributed by atoms with Crippen LogP contribution in [0.15, 0.2) is 5.38 Å². The van der Waals surface area contributed by atoms with E-state index in [1.165, 1.54) is 17.1 Å². The average Bonchev–Trinajstić information content (AvgIpc) is 2.71. The van der Waals surface area contributed by atoms with Crippen LogP contribution in [-0.4, -0.2) is 30.0 Å². The molecule has 1 heterocycles. The number of rotatable bonds is 8. The van der Waals surface area contributed by atoms with Gasteiger partial charge in [-0.15, -0.1) is 11.3 Å². The van der Waals surface area contributed by atoms with Crippen LogP contribution >= 0.6 is 11.3 Å². The van der Waals surface area contributed by atoms with Crippen molar-refractivity contribution < 1.29 is 0 Å². The molecule has 1 rings (SSSR count). The molecule has 0 aliphatic carbocycles. The van der Waals surface area contributed by atoms with Gasteiger partial charge in [0.25, 0.3) is 0 Å². The van der Waals surface area contributed by atoms with Crippen LogP contribution in [0.2, 0.25) is 0 Å². The van der Waals surface area contributed by atoms with E-state index in [0.717, 1.165) is 32.1 Å². The maximum absolute atomic E-state index is 4.63. The highest BCUT2D eigenvalue weighted by Gasteiger charge is 2.05. The third-order valence-corrected chi connectivity index (χ3v) is 3.54. The van der Waals surface area contributed by atoms with Gasteiger partial charge in [-0.25, -0.2) is 4.98 Å². The molecule has 0 bridgehead atoms. The molecule has 0 saturated carbocycles. The summed E-state index contributed by atoms with van der Waals surface area (Å²) in [6, 6.07) is 0.